The van der Waals surface area contributed by atoms with E-state index in [1.165, 1.54) is 17.2 Å². The molecule has 10 heteroatoms. The van der Waals surface area contributed by atoms with Gasteiger partial charge in [-0.25, -0.2) is 15.0 Å². The summed E-state index contributed by atoms with van der Waals surface area (Å²) in [6.07, 6.45) is 0.206. The Kier molecular flexibility index (Phi) is 2.04. The standard InChI is InChI=1S/C10H11N5O5/c11-7-5-8(13-2-12-7)15(3-14-5)10-9(18,20-10)6(17)4(1-16)19-10/h2-4,6,16-18H,1H2,(H2,11,12,13)/t4-,6-,9+,10+/m1/s1. The minimum Gasteiger partial charge on any atom is -0.394 e. The van der Waals surface area contributed by atoms with Gasteiger partial charge in [-0.1, -0.05) is 0 Å². The summed E-state index contributed by atoms with van der Waals surface area (Å²) in [5.74, 6) is -3.44. The molecule has 10 nitrogen and oxygen atoms in total. The topological polar surface area (TPSA) is 152 Å². The van der Waals surface area contributed by atoms with E-state index in [-0.39, 0.29) is 5.82 Å². The molecule has 2 saturated heterocycles. The lowest BCUT2D eigenvalue weighted by Gasteiger charge is -2.16. The van der Waals surface area contributed by atoms with Crippen molar-refractivity contribution in [3.05, 3.63) is 12.7 Å². The fourth-order valence-electron chi connectivity index (χ4n) is 2.55. The first-order chi connectivity index (χ1) is 9.53. The summed E-state index contributed by atoms with van der Waals surface area (Å²) < 4.78 is 11.9. The Morgan fingerprint density at radius 2 is 2.20 bits per heavy atom. The Hall–Kier alpha value is -1.85. The van der Waals surface area contributed by atoms with Crippen molar-refractivity contribution in [2.75, 3.05) is 12.3 Å². The highest BCUT2D eigenvalue weighted by Crippen LogP contribution is 2.60. The number of imidazole rings is 1. The number of epoxide rings is 1. The number of aliphatic hydroxyl groups is 3. The number of rotatable bonds is 2. The van der Waals surface area contributed by atoms with E-state index in [1.54, 1.807) is 0 Å². The normalized spacial score (nSPS) is 39.1. The van der Waals surface area contributed by atoms with Gasteiger partial charge in [0.15, 0.2) is 11.5 Å². The van der Waals surface area contributed by atoms with Crippen LogP contribution in [0.15, 0.2) is 12.7 Å². The number of ether oxygens (including phenoxy) is 2. The van der Waals surface area contributed by atoms with Crippen molar-refractivity contribution < 1.29 is 24.8 Å². The number of nitrogen functional groups attached to an aromatic ring is 1. The third-order valence-corrected chi connectivity index (χ3v) is 3.63. The van der Waals surface area contributed by atoms with Crippen molar-refractivity contribution in [1.82, 2.24) is 19.5 Å². The van der Waals surface area contributed by atoms with Crippen molar-refractivity contribution in [1.29, 1.82) is 0 Å². The average Bonchev–Trinajstić information content (AvgIpc) is 2.77. The first-order valence-electron chi connectivity index (χ1n) is 5.87. The molecule has 0 saturated carbocycles. The molecule has 2 aliphatic heterocycles. The van der Waals surface area contributed by atoms with Crippen molar-refractivity contribution in [3.8, 4) is 0 Å². The van der Waals surface area contributed by atoms with E-state index in [0.717, 1.165) is 0 Å². The number of anilines is 1. The van der Waals surface area contributed by atoms with E-state index in [1.807, 2.05) is 0 Å². The zero-order chi connectivity index (χ0) is 14.1. The van der Waals surface area contributed by atoms with E-state index in [2.05, 4.69) is 15.0 Å². The molecule has 0 unspecified atom stereocenters. The Balaban J connectivity index is 1.87. The molecule has 2 fully saturated rings. The summed E-state index contributed by atoms with van der Waals surface area (Å²) in [5, 5.41) is 29.3. The molecule has 0 aliphatic carbocycles. The molecule has 2 aromatic rings. The van der Waals surface area contributed by atoms with Crippen LogP contribution in [0, 0.1) is 0 Å². The Morgan fingerprint density at radius 1 is 1.40 bits per heavy atom. The first kappa shape index (κ1) is 11.9. The molecular weight excluding hydrogens is 270 g/mol. The highest BCUT2D eigenvalue weighted by molar-refractivity contribution is 5.81. The van der Waals surface area contributed by atoms with E-state index < -0.39 is 30.5 Å². The van der Waals surface area contributed by atoms with Crippen LogP contribution in [0.3, 0.4) is 0 Å². The second-order valence-electron chi connectivity index (χ2n) is 4.71. The fraction of sp³-hybridized carbons (Fsp3) is 0.500. The summed E-state index contributed by atoms with van der Waals surface area (Å²) in [6, 6.07) is 0. The number of hydrogen-bond donors (Lipinski definition) is 4. The molecule has 0 radical (unpaired) electrons. The van der Waals surface area contributed by atoms with Gasteiger partial charge in [-0.15, -0.1) is 0 Å². The van der Waals surface area contributed by atoms with Crippen LogP contribution in [-0.2, 0) is 15.4 Å². The molecule has 0 aromatic carbocycles. The van der Waals surface area contributed by atoms with Crippen molar-refractivity contribution >= 4 is 17.0 Å². The van der Waals surface area contributed by atoms with Crippen LogP contribution in [0.5, 0.6) is 0 Å². The molecule has 4 rings (SSSR count). The lowest BCUT2D eigenvalue weighted by Crippen LogP contribution is -2.37. The fourth-order valence-corrected chi connectivity index (χ4v) is 2.55. The molecule has 4 atom stereocenters. The van der Waals surface area contributed by atoms with Crippen LogP contribution in [0.1, 0.15) is 0 Å². The van der Waals surface area contributed by atoms with Crippen molar-refractivity contribution in [2.24, 2.45) is 0 Å². The van der Waals surface area contributed by atoms with Crippen LogP contribution < -0.4 is 5.73 Å². The summed E-state index contributed by atoms with van der Waals surface area (Å²) >= 11 is 0. The van der Waals surface area contributed by atoms with Crippen molar-refractivity contribution in [3.63, 3.8) is 0 Å². The average molecular weight is 281 g/mol. The molecule has 20 heavy (non-hydrogen) atoms. The van der Waals surface area contributed by atoms with Gasteiger partial charge in [0, 0.05) is 0 Å². The summed E-state index contributed by atoms with van der Waals surface area (Å²) in [6.45, 7) is -0.460. The maximum absolute atomic E-state index is 10.3. The second kappa shape index (κ2) is 3.42. The lowest BCUT2D eigenvalue weighted by molar-refractivity contribution is -0.177. The summed E-state index contributed by atoms with van der Waals surface area (Å²) in [4.78, 5) is 11.9. The molecule has 0 amide bonds. The van der Waals surface area contributed by atoms with Gasteiger partial charge < -0.3 is 25.8 Å². The van der Waals surface area contributed by atoms with Gasteiger partial charge in [0.2, 0.25) is 0 Å². The van der Waals surface area contributed by atoms with Gasteiger partial charge in [-0.3, -0.25) is 9.30 Å². The second-order valence-corrected chi connectivity index (χ2v) is 4.71. The molecule has 2 aromatic heterocycles. The van der Waals surface area contributed by atoms with Crippen molar-refractivity contribution in [2.45, 2.75) is 23.9 Å². The smallest absolute Gasteiger partial charge is 0.321 e. The maximum atomic E-state index is 10.3. The highest BCUT2D eigenvalue weighted by atomic mass is 16.9. The SMILES string of the molecule is Nc1ncnc2c1ncn2[C@]12O[C@H](CO)[C@@H](O)[C@]1(O)O2. The number of nitrogens with zero attached hydrogens (tertiary/aromatic N) is 4. The lowest BCUT2D eigenvalue weighted by atomic mass is 10.1. The number of nitrogens with two attached hydrogens (primary N) is 1. The molecule has 4 heterocycles. The van der Waals surface area contributed by atoms with Gasteiger partial charge in [-0.05, 0) is 0 Å². The monoisotopic (exact) mass is 281 g/mol. The van der Waals surface area contributed by atoms with Crippen LogP contribution in [0.2, 0.25) is 0 Å². The van der Waals surface area contributed by atoms with Crippen LogP contribution in [-0.4, -0.2) is 59.4 Å². The Labute approximate surface area is 111 Å². The number of aromatic nitrogens is 4. The van der Waals surface area contributed by atoms with Crippen LogP contribution >= 0.6 is 0 Å². The zero-order valence-corrected chi connectivity index (χ0v) is 10.0. The Bertz CT molecular complexity index is 706. The van der Waals surface area contributed by atoms with Gasteiger partial charge in [0.05, 0.1) is 6.61 Å². The van der Waals surface area contributed by atoms with E-state index >= 15 is 0 Å². The third kappa shape index (κ3) is 1.13. The van der Waals surface area contributed by atoms with Gasteiger partial charge in [-0.2, -0.15) is 0 Å². The largest absolute Gasteiger partial charge is 0.394 e. The zero-order valence-electron chi connectivity index (χ0n) is 10.0. The number of aliphatic hydroxyl groups excluding tert-OH is 2. The quantitative estimate of drug-likeness (QED) is 0.437. The molecule has 2 aliphatic rings. The molecule has 0 spiro atoms. The minimum absolute atomic E-state index is 0.173. The minimum atomic E-state index is -1.95. The van der Waals surface area contributed by atoms with Crippen LogP contribution in [0.25, 0.3) is 11.2 Å². The highest BCUT2D eigenvalue weighted by Gasteiger charge is 2.84. The van der Waals surface area contributed by atoms with E-state index in [0.29, 0.717) is 11.2 Å². The predicted molar refractivity (Wildman–Crippen MR) is 61.7 cm³/mol. The molecule has 106 valence electrons. The third-order valence-electron chi connectivity index (χ3n) is 3.63. The maximum Gasteiger partial charge on any atom is 0.321 e. The van der Waals surface area contributed by atoms with Gasteiger partial charge >= 0.3 is 5.91 Å². The van der Waals surface area contributed by atoms with Gasteiger partial charge in [0.1, 0.15) is 30.4 Å². The van der Waals surface area contributed by atoms with E-state index in [9.17, 15) is 10.2 Å². The molecular formula is C10H11N5O5. The van der Waals surface area contributed by atoms with Gasteiger partial charge in [0.25, 0.3) is 5.79 Å². The van der Waals surface area contributed by atoms with Crippen LogP contribution in [0.4, 0.5) is 5.82 Å². The Morgan fingerprint density at radius 3 is 2.90 bits per heavy atom. The number of hydrogen-bond acceptors (Lipinski definition) is 9. The summed E-state index contributed by atoms with van der Waals surface area (Å²) in [7, 11) is 0. The summed E-state index contributed by atoms with van der Waals surface area (Å²) in [5.41, 5.74) is 6.29. The van der Waals surface area contributed by atoms with E-state index in [4.69, 9.17) is 20.3 Å². The molecule has 5 N–H and O–H groups in total. The first-order valence-corrected chi connectivity index (χ1v) is 5.87. The predicted octanol–water partition coefficient (Wildman–Crippen LogP) is -2.51. The molecule has 0 bridgehead atoms. The number of fused-ring (bicyclic) bond motifs is 2.